The summed E-state index contributed by atoms with van der Waals surface area (Å²) in [5, 5.41) is 18.7. The summed E-state index contributed by atoms with van der Waals surface area (Å²) in [7, 11) is 0. The van der Waals surface area contributed by atoms with Crippen LogP contribution in [0.3, 0.4) is 0 Å². The summed E-state index contributed by atoms with van der Waals surface area (Å²) in [5.41, 5.74) is -0.443. The number of amides is 2. The first kappa shape index (κ1) is 15.5. The molecule has 0 bridgehead atoms. The van der Waals surface area contributed by atoms with Crippen molar-refractivity contribution in [2.45, 2.75) is 44.9 Å². The van der Waals surface area contributed by atoms with E-state index in [0.29, 0.717) is 6.54 Å². The van der Waals surface area contributed by atoms with Gasteiger partial charge in [-0.05, 0) is 20.8 Å². The molecule has 108 valence electrons. The molecule has 0 aromatic rings. The molecule has 6 nitrogen and oxygen atoms in total. The van der Waals surface area contributed by atoms with E-state index in [1.54, 1.807) is 11.0 Å². The number of β-amino-alcohol motifs (C(OH)–C–C–N with tert-alkyl or cyclic N) is 1. The molecule has 19 heavy (non-hydrogen) atoms. The lowest BCUT2D eigenvalue weighted by Crippen LogP contribution is -2.54. The first-order valence-electron chi connectivity index (χ1n) is 6.28. The van der Waals surface area contributed by atoms with Gasteiger partial charge in [0.2, 0.25) is 0 Å². The van der Waals surface area contributed by atoms with Gasteiger partial charge in [-0.1, -0.05) is 6.08 Å². The zero-order valence-corrected chi connectivity index (χ0v) is 11.7. The Labute approximate surface area is 113 Å². The van der Waals surface area contributed by atoms with E-state index in [-0.39, 0.29) is 19.0 Å². The molecule has 1 saturated heterocycles. The average molecular weight is 270 g/mol. The van der Waals surface area contributed by atoms with Crippen LogP contribution >= 0.6 is 0 Å². The number of hydrogen-bond acceptors (Lipinski definition) is 3. The van der Waals surface area contributed by atoms with Crippen molar-refractivity contribution >= 4 is 12.0 Å². The molecule has 2 atom stereocenters. The molecule has 1 aliphatic heterocycles. The van der Waals surface area contributed by atoms with Gasteiger partial charge in [0.1, 0.15) is 6.04 Å². The normalized spacial score (nSPS) is 23.3. The third-order valence-electron chi connectivity index (χ3n) is 3.16. The van der Waals surface area contributed by atoms with Gasteiger partial charge in [0.05, 0.1) is 6.10 Å². The Morgan fingerprint density at radius 1 is 1.47 bits per heavy atom. The minimum absolute atomic E-state index is 0.0551. The zero-order chi connectivity index (χ0) is 14.8. The molecular formula is C13H22N2O4. The van der Waals surface area contributed by atoms with Gasteiger partial charge in [-0.15, -0.1) is 6.58 Å². The molecule has 0 spiro atoms. The minimum atomic E-state index is -1.09. The number of carboxylic acid groups (broad SMARTS) is 1. The first-order chi connectivity index (χ1) is 8.68. The Kier molecular flexibility index (Phi) is 4.57. The fourth-order valence-electron chi connectivity index (χ4n) is 2.18. The molecule has 0 unspecified atom stereocenters. The van der Waals surface area contributed by atoms with Crippen LogP contribution in [0.5, 0.6) is 0 Å². The van der Waals surface area contributed by atoms with Crippen LogP contribution in [-0.4, -0.2) is 62.8 Å². The molecular weight excluding hydrogens is 248 g/mol. The summed E-state index contributed by atoms with van der Waals surface area (Å²) in [6.07, 6.45) is 0.897. The van der Waals surface area contributed by atoms with Crippen LogP contribution in [0.2, 0.25) is 0 Å². The van der Waals surface area contributed by atoms with Crippen molar-refractivity contribution in [3.63, 3.8) is 0 Å². The van der Waals surface area contributed by atoms with Crippen molar-refractivity contribution in [2.24, 2.45) is 0 Å². The maximum atomic E-state index is 12.5. The molecule has 1 fully saturated rings. The van der Waals surface area contributed by atoms with Crippen LogP contribution in [0.15, 0.2) is 12.7 Å². The highest BCUT2D eigenvalue weighted by molar-refractivity contribution is 5.84. The molecule has 0 saturated carbocycles. The quantitative estimate of drug-likeness (QED) is 0.747. The summed E-state index contributed by atoms with van der Waals surface area (Å²) in [6, 6.07) is -1.34. The molecule has 1 heterocycles. The van der Waals surface area contributed by atoms with E-state index in [1.165, 1.54) is 4.90 Å². The van der Waals surface area contributed by atoms with E-state index < -0.39 is 23.7 Å². The highest BCUT2D eigenvalue weighted by atomic mass is 16.4. The number of hydrogen-bond donors (Lipinski definition) is 2. The van der Waals surface area contributed by atoms with Crippen LogP contribution in [-0.2, 0) is 4.79 Å². The van der Waals surface area contributed by atoms with Gasteiger partial charge in [-0.3, -0.25) is 0 Å². The number of rotatable bonds is 3. The molecule has 0 aromatic heterocycles. The smallest absolute Gasteiger partial charge is 0.326 e. The molecule has 6 heteroatoms. The number of carboxylic acids is 1. The van der Waals surface area contributed by atoms with Gasteiger partial charge >= 0.3 is 12.0 Å². The number of aliphatic hydroxyl groups is 1. The second kappa shape index (κ2) is 5.61. The van der Waals surface area contributed by atoms with Crippen molar-refractivity contribution in [2.75, 3.05) is 13.1 Å². The molecule has 1 rings (SSSR count). The van der Waals surface area contributed by atoms with Crippen molar-refractivity contribution in [3.05, 3.63) is 12.7 Å². The zero-order valence-electron chi connectivity index (χ0n) is 11.7. The summed E-state index contributed by atoms with van der Waals surface area (Å²) in [4.78, 5) is 26.4. The molecule has 0 radical (unpaired) electrons. The average Bonchev–Trinajstić information content (AvgIpc) is 2.66. The van der Waals surface area contributed by atoms with E-state index in [1.807, 2.05) is 20.8 Å². The second-order valence-corrected chi connectivity index (χ2v) is 5.75. The number of likely N-dealkylation sites (tertiary alicyclic amines) is 1. The first-order valence-corrected chi connectivity index (χ1v) is 6.28. The van der Waals surface area contributed by atoms with Crippen molar-refractivity contribution in [1.82, 2.24) is 9.80 Å². The largest absolute Gasteiger partial charge is 0.480 e. The van der Waals surface area contributed by atoms with Gasteiger partial charge in [0, 0.05) is 25.0 Å². The Bertz CT molecular complexity index is 375. The van der Waals surface area contributed by atoms with E-state index in [2.05, 4.69) is 6.58 Å². The minimum Gasteiger partial charge on any atom is -0.480 e. The summed E-state index contributed by atoms with van der Waals surface area (Å²) < 4.78 is 0. The molecule has 0 aromatic carbocycles. The highest BCUT2D eigenvalue weighted by Crippen LogP contribution is 2.23. The van der Waals surface area contributed by atoms with Crippen LogP contribution < -0.4 is 0 Å². The SMILES string of the molecule is C=CCN(C(=O)N1C[C@@H](O)C[C@H]1C(=O)O)C(C)(C)C. The predicted octanol–water partition coefficient (Wildman–Crippen LogP) is 0.913. The summed E-state index contributed by atoms with van der Waals surface area (Å²) in [6.45, 7) is 9.62. The van der Waals surface area contributed by atoms with Crippen molar-refractivity contribution in [1.29, 1.82) is 0 Å². The van der Waals surface area contributed by atoms with Crippen molar-refractivity contribution in [3.8, 4) is 0 Å². The maximum absolute atomic E-state index is 12.5. The third-order valence-corrected chi connectivity index (χ3v) is 3.16. The Hall–Kier alpha value is -1.56. The lowest BCUT2D eigenvalue weighted by Gasteiger charge is -2.38. The van der Waals surface area contributed by atoms with Gasteiger partial charge in [0.15, 0.2) is 0 Å². The topological polar surface area (TPSA) is 81.1 Å². The van der Waals surface area contributed by atoms with E-state index in [0.717, 1.165) is 0 Å². The second-order valence-electron chi connectivity index (χ2n) is 5.75. The number of aliphatic carboxylic acids is 1. The summed E-state index contributed by atoms with van der Waals surface area (Å²) in [5.74, 6) is -1.09. The molecule has 0 aliphatic carbocycles. The van der Waals surface area contributed by atoms with Gasteiger partial charge in [0.25, 0.3) is 0 Å². The van der Waals surface area contributed by atoms with Gasteiger partial charge in [-0.25, -0.2) is 9.59 Å². The molecule has 2 amide bonds. The lowest BCUT2D eigenvalue weighted by atomic mass is 10.1. The van der Waals surface area contributed by atoms with Gasteiger partial charge < -0.3 is 20.0 Å². The van der Waals surface area contributed by atoms with Crippen LogP contribution in [0, 0.1) is 0 Å². The van der Waals surface area contributed by atoms with Crippen LogP contribution in [0.4, 0.5) is 4.79 Å². The molecule has 2 N–H and O–H groups in total. The maximum Gasteiger partial charge on any atom is 0.326 e. The van der Waals surface area contributed by atoms with Gasteiger partial charge in [-0.2, -0.15) is 0 Å². The highest BCUT2D eigenvalue weighted by Gasteiger charge is 2.42. The number of carbonyl (C=O) groups is 2. The van der Waals surface area contributed by atoms with Crippen LogP contribution in [0.1, 0.15) is 27.2 Å². The molecule has 1 aliphatic rings. The summed E-state index contributed by atoms with van der Waals surface area (Å²) >= 11 is 0. The Morgan fingerprint density at radius 2 is 2.05 bits per heavy atom. The van der Waals surface area contributed by atoms with E-state index >= 15 is 0 Å². The van der Waals surface area contributed by atoms with Crippen molar-refractivity contribution < 1.29 is 19.8 Å². The fraction of sp³-hybridized carbons (Fsp3) is 0.692. The number of nitrogens with zero attached hydrogens (tertiary/aromatic N) is 2. The van der Waals surface area contributed by atoms with Crippen LogP contribution in [0.25, 0.3) is 0 Å². The predicted molar refractivity (Wildman–Crippen MR) is 70.8 cm³/mol. The monoisotopic (exact) mass is 270 g/mol. The number of aliphatic hydroxyl groups excluding tert-OH is 1. The standard InChI is InChI=1S/C13H22N2O4/c1-5-6-15(13(2,3)4)12(19)14-8-9(16)7-10(14)11(17)18/h5,9-10,16H,1,6-8H2,2-4H3,(H,17,18)/t9-,10-/m0/s1. The Morgan fingerprint density at radius 3 is 2.47 bits per heavy atom. The number of urea groups is 1. The Balaban J connectivity index is 2.95. The van der Waals surface area contributed by atoms with E-state index in [9.17, 15) is 14.7 Å². The number of carbonyl (C=O) groups excluding carboxylic acids is 1. The lowest BCUT2D eigenvalue weighted by molar-refractivity contribution is -0.141. The third kappa shape index (κ3) is 3.47. The fourth-order valence-corrected chi connectivity index (χ4v) is 2.18. The van der Waals surface area contributed by atoms with E-state index in [4.69, 9.17) is 5.11 Å².